The summed E-state index contributed by atoms with van der Waals surface area (Å²) in [6, 6.07) is 9.24. The Morgan fingerprint density at radius 1 is 1.27 bits per heavy atom. The number of nitrogens with one attached hydrogen (secondary N) is 1. The van der Waals surface area contributed by atoms with Crippen LogP contribution < -0.4 is 10.9 Å². The highest BCUT2D eigenvalue weighted by atomic mass is 32.1. The third kappa shape index (κ3) is 2.33. The Hall–Kier alpha value is -2.74. The quantitative estimate of drug-likeness (QED) is 0.796. The molecule has 0 fully saturated rings. The van der Waals surface area contributed by atoms with Crippen LogP contribution in [0.3, 0.4) is 0 Å². The van der Waals surface area contributed by atoms with E-state index in [0.717, 1.165) is 17.4 Å². The van der Waals surface area contributed by atoms with E-state index >= 15 is 0 Å². The van der Waals surface area contributed by atoms with Crippen molar-refractivity contribution in [3.8, 4) is 5.69 Å². The lowest BCUT2D eigenvalue weighted by Gasteiger charge is -2.07. The summed E-state index contributed by atoms with van der Waals surface area (Å²) >= 11 is 0.943. The minimum atomic E-state index is -0.445. The molecule has 3 rings (SSSR count). The van der Waals surface area contributed by atoms with Crippen molar-refractivity contribution in [2.45, 2.75) is 6.92 Å². The normalized spacial score (nSPS) is 10.6. The standard InChI is InChI=1S/C14H13N5O2S/c1-9-12(16-13(20)11-8-15-22-17-11)14(21)19(18(9)2)10-6-4-3-5-7-10/h3-8H,1-2H3,(H,16,20). The van der Waals surface area contributed by atoms with Gasteiger partial charge >= 0.3 is 0 Å². The molecule has 0 atom stereocenters. The van der Waals surface area contributed by atoms with E-state index in [-0.39, 0.29) is 16.9 Å². The topological polar surface area (TPSA) is 81.8 Å². The van der Waals surface area contributed by atoms with Crippen LogP contribution in [-0.4, -0.2) is 24.0 Å². The maximum absolute atomic E-state index is 12.6. The highest BCUT2D eigenvalue weighted by Crippen LogP contribution is 2.14. The molecule has 2 aromatic heterocycles. The van der Waals surface area contributed by atoms with Crippen LogP contribution in [0.1, 0.15) is 16.2 Å². The first-order valence-corrected chi connectivity index (χ1v) is 7.25. The zero-order chi connectivity index (χ0) is 15.7. The van der Waals surface area contributed by atoms with Gasteiger partial charge in [0.05, 0.1) is 29.3 Å². The van der Waals surface area contributed by atoms with E-state index in [4.69, 9.17) is 0 Å². The molecular formula is C14H13N5O2S. The van der Waals surface area contributed by atoms with E-state index in [9.17, 15) is 9.59 Å². The van der Waals surface area contributed by atoms with E-state index < -0.39 is 5.91 Å². The van der Waals surface area contributed by atoms with E-state index in [2.05, 4.69) is 14.1 Å². The highest BCUT2D eigenvalue weighted by molar-refractivity contribution is 6.99. The van der Waals surface area contributed by atoms with Gasteiger partial charge < -0.3 is 5.32 Å². The summed E-state index contributed by atoms with van der Waals surface area (Å²) in [4.78, 5) is 24.7. The minimum absolute atomic E-state index is 0.193. The molecule has 1 aromatic carbocycles. The predicted octanol–water partition coefficient (Wildman–Crippen LogP) is 1.59. The molecule has 0 unspecified atom stereocenters. The van der Waals surface area contributed by atoms with Crippen molar-refractivity contribution in [1.29, 1.82) is 0 Å². The summed E-state index contributed by atoms with van der Waals surface area (Å²) in [6.07, 6.45) is 1.37. The van der Waals surface area contributed by atoms with Gasteiger partial charge in [-0.15, -0.1) is 0 Å². The Morgan fingerprint density at radius 3 is 2.64 bits per heavy atom. The van der Waals surface area contributed by atoms with Crippen LogP contribution in [0.4, 0.5) is 5.69 Å². The van der Waals surface area contributed by atoms with Gasteiger partial charge in [0.1, 0.15) is 5.69 Å². The molecule has 0 saturated heterocycles. The SMILES string of the molecule is Cc1c(NC(=O)c2cnsn2)c(=O)n(-c2ccccc2)n1C. The van der Waals surface area contributed by atoms with Crippen LogP contribution in [0.25, 0.3) is 5.69 Å². The molecule has 22 heavy (non-hydrogen) atoms. The van der Waals surface area contributed by atoms with Crippen LogP contribution in [0.2, 0.25) is 0 Å². The second kappa shape index (κ2) is 5.57. The average Bonchev–Trinajstić information content (AvgIpc) is 3.13. The van der Waals surface area contributed by atoms with Crippen molar-refractivity contribution < 1.29 is 4.79 Å². The fourth-order valence-corrected chi connectivity index (χ4v) is 2.57. The molecule has 1 N–H and O–H groups in total. The zero-order valence-corrected chi connectivity index (χ0v) is 12.8. The highest BCUT2D eigenvalue weighted by Gasteiger charge is 2.19. The molecule has 2 heterocycles. The molecule has 0 aliphatic rings. The number of hydrogen-bond donors (Lipinski definition) is 1. The first-order valence-electron chi connectivity index (χ1n) is 6.52. The van der Waals surface area contributed by atoms with Crippen LogP contribution >= 0.6 is 11.7 Å². The Bertz CT molecular complexity index is 865. The third-order valence-corrected chi connectivity index (χ3v) is 3.86. The van der Waals surface area contributed by atoms with Crippen molar-refractivity contribution >= 4 is 23.3 Å². The maximum Gasteiger partial charge on any atom is 0.295 e. The van der Waals surface area contributed by atoms with Gasteiger partial charge in [0.25, 0.3) is 11.5 Å². The molecule has 0 aliphatic carbocycles. The monoisotopic (exact) mass is 315 g/mol. The fraction of sp³-hybridized carbons (Fsp3) is 0.143. The van der Waals surface area contributed by atoms with Gasteiger partial charge in [-0.1, -0.05) is 18.2 Å². The van der Waals surface area contributed by atoms with E-state index in [0.29, 0.717) is 5.69 Å². The van der Waals surface area contributed by atoms with Crippen molar-refractivity contribution in [1.82, 2.24) is 18.1 Å². The summed E-state index contributed by atoms with van der Waals surface area (Å²) < 4.78 is 10.8. The first kappa shape index (κ1) is 14.2. The van der Waals surface area contributed by atoms with Crippen molar-refractivity contribution in [3.63, 3.8) is 0 Å². The number of amides is 1. The number of para-hydroxylation sites is 1. The number of rotatable bonds is 3. The van der Waals surface area contributed by atoms with Crippen LogP contribution in [0.5, 0.6) is 0 Å². The smallest absolute Gasteiger partial charge is 0.295 e. The minimum Gasteiger partial charge on any atom is -0.314 e. The zero-order valence-electron chi connectivity index (χ0n) is 12.0. The second-order valence-electron chi connectivity index (χ2n) is 4.68. The fourth-order valence-electron chi connectivity index (χ4n) is 2.15. The Kier molecular flexibility index (Phi) is 3.60. The summed E-state index contributed by atoms with van der Waals surface area (Å²) in [5, 5.41) is 2.62. The molecule has 8 heteroatoms. The van der Waals surface area contributed by atoms with Gasteiger partial charge in [0, 0.05) is 7.05 Å². The molecular weight excluding hydrogens is 302 g/mol. The molecule has 0 bridgehead atoms. The molecule has 0 radical (unpaired) electrons. The second-order valence-corrected chi connectivity index (χ2v) is 5.24. The van der Waals surface area contributed by atoms with Crippen molar-refractivity contribution in [2.24, 2.45) is 7.05 Å². The summed E-state index contributed by atoms with van der Waals surface area (Å²) in [7, 11) is 1.77. The van der Waals surface area contributed by atoms with Crippen LogP contribution in [-0.2, 0) is 7.05 Å². The Morgan fingerprint density at radius 2 is 2.00 bits per heavy atom. The van der Waals surface area contributed by atoms with Crippen LogP contribution in [0.15, 0.2) is 41.3 Å². The largest absolute Gasteiger partial charge is 0.314 e. The lowest BCUT2D eigenvalue weighted by Crippen LogP contribution is -2.23. The van der Waals surface area contributed by atoms with Crippen molar-refractivity contribution in [2.75, 3.05) is 5.32 Å². The van der Waals surface area contributed by atoms with Gasteiger partial charge in [-0.2, -0.15) is 8.75 Å². The number of benzene rings is 1. The Labute approximate surface area is 130 Å². The number of anilines is 1. The molecule has 0 spiro atoms. The van der Waals surface area contributed by atoms with Crippen molar-refractivity contribution in [3.05, 3.63) is 58.3 Å². The molecule has 0 aliphatic heterocycles. The van der Waals surface area contributed by atoms with E-state index in [1.807, 2.05) is 30.3 Å². The lowest BCUT2D eigenvalue weighted by molar-refractivity contribution is 0.102. The van der Waals surface area contributed by atoms with E-state index in [1.165, 1.54) is 10.9 Å². The molecule has 112 valence electrons. The van der Waals surface area contributed by atoms with Gasteiger partial charge in [-0.25, -0.2) is 4.68 Å². The van der Waals surface area contributed by atoms with Crippen LogP contribution in [0, 0.1) is 6.92 Å². The summed E-state index contributed by atoms with van der Waals surface area (Å²) in [6.45, 7) is 1.77. The number of nitrogens with zero attached hydrogens (tertiary/aromatic N) is 4. The molecule has 1 amide bonds. The summed E-state index contributed by atoms with van der Waals surface area (Å²) in [5.74, 6) is -0.445. The molecule has 3 aromatic rings. The average molecular weight is 315 g/mol. The van der Waals surface area contributed by atoms with Gasteiger partial charge in [0.2, 0.25) is 0 Å². The molecule has 0 saturated carbocycles. The first-order chi connectivity index (χ1) is 10.6. The lowest BCUT2D eigenvalue weighted by atomic mass is 10.3. The predicted molar refractivity (Wildman–Crippen MR) is 83.6 cm³/mol. The number of carbonyl (C=O) groups excluding carboxylic acids is 1. The molecule has 7 nitrogen and oxygen atoms in total. The number of aromatic nitrogens is 4. The van der Waals surface area contributed by atoms with E-state index in [1.54, 1.807) is 18.7 Å². The van der Waals surface area contributed by atoms with Gasteiger partial charge in [-0.05, 0) is 19.1 Å². The van der Waals surface area contributed by atoms with Gasteiger partial charge in [0.15, 0.2) is 5.69 Å². The Balaban J connectivity index is 2.04. The number of carbonyl (C=O) groups is 1. The number of hydrogen-bond acceptors (Lipinski definition) is 5. The third-order valence-electron chi connectivity index (χ3n) is 3.39. The van der Waals surface area contributed by atoms with Gasteiger partial charge in [-0.3, -0.25) is 14.3 Å². The maximum atomic E-state index is 12.6. The summed E-state index contributed by atoms with van der Waals surface area (Å²) in [5.41, 5.74) is 1.53.